The van der Waals surface area contributed by atoms with Gasteiger partial charge in [-0.2, -0.15) is 0 Å². The third-order valence-corrected chi connectivity index (χ3v) is 2.70. The van der Waals surface area contributed by atoms with Gasteiger partial charge < -0.3 is 0 Å². The van der Waals surface area contributed by atoms with Gasteiger partial charge in [0.25, 0.3) is 0 Å². The summed E-state index contributed by atoms with van der Waals surface area (Å²) < 4.78 is 15.0. The third kappa shape index (κ3) is 2.02. The molecule has 0 radical (unpaired) electrons. The quantitative estimate of drug-likeness (QED) is 0.627. The van der Waals surface area contributed by atoms with Gasteiger partial charge in [0, 0.05) is 10.8 Å². The number of hydrogen-bond acceptors (Lipinski definition) is 1. The molecule has 18 heavy (non-hydrogen) atoms. The summed E-state index contributed by atoms with van der Waals surface area (Å²) >= 11 is 0. The summed E-state index contributed by atoms with van der Waals surface area (Å²) in [5.74, 6) is -0.170. The highest BCUT2D eigenvalue weighted by Crippen LogP contribution is 2.15. The molecule has 88 valence electrons. The van der Waals surface area contributed by atoms with Gasteiger partial charge in [-0.15, -0.1) is 0 Å². The van der Waals surface area contributed by atoms with Gasteiger partial charge in [0.05, 0.1) is 5.39 Å². The fourth-order valence-electron chi connectivity index (χ4n) is 1.80. The first-order chi connectivity index (χ1) is 8.83. The van der Waals surface area contributed by atoms with Crippen molar-refractivity contribution in [3.8, 4) is 5.75 Å². The molecule has 1 heterocycles. The Balaban J connectivity index is 1.98. The molecule has 0 aliphatic heterocycles. The second-order valence-corrected chi connectivity index (χ2v) is 3.96. The molecule has 0 saturated carbocycles. The highest BCUT2D eigenvalue weighted by atomic mass is 19.1. The smallest absolute Gasteiger partial charge is 0.228 e. The van der Waals surface area contributed by atoms with Crippen molar-refractivity contribution in [1.29, 1.82) is 0 Å². The normalized spacial score (nSPS) is 10.5. The minimum Gasteiger partial charge on any atom is -0.228 e. The van der Waals surface area contributed by atoms with Gasteiger partial charge in [-0.25, -0.2) is 9.23 Å². The molecule has 1 aromatic heterocycles. The summed E-state index contributed by atoms with van der Waals surface area (Å²) in [7, 11) is 0. The molecule has 0 aliphatic carbocycles. The molecule has 0 unspecified atom stereocenters. The average Bonchev–Trinajstić information content (AvgIpc) is 2.41. The first-order valence-electron chi connectivity index (χ1n) is 5.66. The predicted molar refractivity (Wildman–Crippen MR) is 66.6 cm³/mol. The lowest BCUT2D eigenvalue weighted by Crippen LogP contribution is -2.38. The number of aromatic nitrogens is 1. The Labute approximate surface area is 104 Å². The van der Waals surface area contributed by atoms with Gasteiger partial charge in [-0.05, 0) is 23.6 Å². The number of halogens is 1. The zero-order valence-corrected chi connectivity index (χ0v) is 9.58. The molecule has 0 saturated heterocycles. The zero-order chi connectivity index (χ0) is 12.4. The molecule has 0 atom stereocenters. The fraction of sp³-hybridized carbons (Fsp3) is 0. The lowest BCUT2D eigenvalue weighted by molar-refractivity contribution is -0.874. The number of hydrogen-bond donors (Lipinski definition) is 0. The summed E-state index contributed by atoms with van der Waals surface area (Å²) in [6.45, 7) is 0. The molecule has 3 heteroatoms. The summed E-state index contributed by atoms with van der Waals surface area (Å²) in [6.07, 6.45) is 3.58. The SMILES string of the molecule is Fc1ccccc1O[n+]1ccc2ccccc2c1. The Morgan fingerprint density at radius 3 is 2.39 bits per heavy atom. The van der Waals surface area contributed by atoms with Gasteiger partial charge >= 0.3 is 0 Å². The summed E-state index contributed by atoms with van der Waals surface area (Å²) in [6, 6.07) is 16.2. The molecule has 0 bridgehead atoms. The van der Waals surface area contributed by atoms with Crippen molar-refractivity contribution >= 4 is 10.8 Å². The Bertz CT molecular complexity index is 697. The average molecular weight is 240 g/mol. The van der Waals surface area contributed by atoms with Gasteiger partial charge in [-0.3, -0.25) is 0 Å². The lowest BCUT2D eigenvalue weighted by Gasteiger charge is -2.00. The lowest BCUT2D eigenvalue weighted by atomic mass is 10.2. The first kappa shape index (κ1) is 10.7. The molecular weight excluding hydrogens is 229 g/mol. The van der Waals surface area contributed by atoms with E-state index in [1.54, 1.807) is 24.4 Å². The minimum atomic E-state index is -0.377. The van der Waals surface area contributed by atoms with E-state index in [4.69, 9.17) is 4.84 Å². The molecule has 0 fully saturated rings. The topological polar surface area (TPSA) is 13.1 Å². The van der Waals surface area contributed by atoms with Crippen molar-refractivity contribution in [2.45, 2.75) is 0 Å². The van der Waals surface area contributed by atoms with E-state index in [2.05, 4.69) is 0 Å². The Kier molecular flexibility index (Phi) is 2.65. The second-order valence-electron chi connectivity index (χ2n) is 3.96. The highest BCUT2D eigenvalue weighted by molar-refractivity contribution is 5.80. The number of nitrogens with zero attached hydrogens (tertiary/aromatic N) is 1. The van der Waals surface area contributed by atoms with E-state index in [-0.39, 0.29) is 11.6 Å². The molecule has 0 aliphatic rings. The van der Waals surface area contributed by atoms with Crippen molar-refractivity contribution < 1.29 is 14.0 Å². The van der Waals surface area contributed by atoms with Crippen LogP contribution in [-0.4, -0.2) is 0 Å². The molecule has 0 amide bonds. The van der Waals surface area contributed by atoms with Crippen molar-refractivity contribution in [2.24, 2.45) is 0 Å². The Hall–Kier alpha value is -2.42. The van der Waals surface area contributed by atoms with Crippen molar-refractivity contribution in [3.63, 3.8) is 0 Å². The second kappa shape index (κ2) is 4.45. The molecule has 3 aromatic rings. The molecular formula is C15H11FNO+. The van der Waals surface area contributed by atoms with E-state index in [9.17, 15) is 4.39 Å². The fourth-order valence-corrected chi connectivity index (χ4v) is 1.80. The van der Waals surface area contributed by atoms with Crippen LogP contribution in [0.3, 0.4) is 0 Å². The highest BCUT2D eigenvalue weighted by Gasteiger charge is 2.09. The monoisotopic (exact) mass is 240 g/mol. The van der Waals surface area contributed by atoms with E-state index in [0.29, 0.717) is 0 Å². The van der Waals surface area contributed by atoms with Crippen LogP contribution in [0, 0.1) is 5.82 Å². The van der Waals surface area contributed by atoms with Crippen LogP contribution in [0.5, 0.6) is 5.75 Å². The van der Waals surface area contributed by atoms with E-state index in [0.717, 1.165) is 10.8 Å². The van der Waals surface area contributed by atoms with Crippen LogP contribution in [0.1, 0.15) is 0 Å². The third-order valence-electron chi connectivity index (χ3n) is 2.70. The predicted octanol–water partition coefficient (Wildman–Crippen LogP) is 3.11. The van der Waals surface area contributed by atoms with Crippen LogP contribution in [-0.2, 0) is 0 Å². The van der Waals surface area contributed by atoms with Crippen LogP contribution in [0.15, 0.2) is 67.0 Å². The van der Waals surface area contributed by atoms with Crippen molar-refractivity contribution in [2.75, 3.05) is 0 Å². The van der Waals surface area contributed by atoms with E-state index < -0.39 is 0 Å². The molecule has 2 nitrogen and oxygen atoms in total. The number of fused-ring (bicyclic) bond motifs is 1. The van der Waals surface area contributed by atoms with E-state index in [1.165, 1.54) is 10.8 Å². The number of pyridine rings is 1. The van der Waals surface area contributed by atoms with Gasteiger partial charge in [-0.1, -0.05) is 30.3 Å². The Morgan fingerprint density at radius 1 is 0.833 bits per heavy atom. The molecule has 0 spiro atoms. The van der Waals surface area contributed by atoms with Crippen LogP contribution >= 0.6 is 0 Å². The van der Waals surface area contributed by atoms with Crippen LogP contribution in [0.4, 0.5) is 4.39 Å². The van der Waals surface area contributed by atoms with E-state index in [1.807, 2.05) is 36.5 Å². The number of para-hydroxylation sites is 1. The summed E-state index contributed by atoms with van der Waals surface area (Å²) in [5, 5.41) is 2.15. The minimum absolute atomic E-state index is 0.206. The standard InChI is InChI=1S/C15H11FNO/c16-14-7-3-4-8-15(14)18-17-10-9-12-5-1-2-6-13(12)11-17/h1-11H/q+1. The number of rotatable bonds is 2. The summed E-state index contributed by atoms with van der Waals surface area (Å²) in [4.78, 5) is 5.46. The molecule has 3 rings (SSSR count). The van der Waals surface area contributed by atoms with E-state index >= 15 is 0 Å². The van der Waals surface area contributed by atoms with Gasteiger partial charge in [0.1, 0.15) is 0 Å². The summed E-state index contributed by atoms with van der Waals surface area (Å²) in [5.41, 5.74) is 0. The maximum Gasteiger partial charge on any atom is 0.239 e. The van der Waals surface area contributed by atoms with Gasteiger partial charge in [0.15, 0.2) is 5.82 Å². The molecule has 0 N–H and O–H groups in total. The van der Waals surface area contributed by atoms with Crippen LogP contribution in [0.2, 0.25) is 0 Å². The van der Waals surface area contributed by atoms with Crippen LogP contribution in [0.25, 0.3) is 10.8 Å². The zero-order valence-electron chi connectivity index (χ0n) is 9.58. The molecule has 2 aromatic carbocycles. The first-order valence-corrected chi connectivity index (χ1v) is 5.66. The Morgan fingerprint density at radius 2 is 1.56 bits per heavy atom. The number of benzene rings is 2. The van der Waals surface area contributed by atoms with Crippen molar-refractivity contribution in [1.82, 2.24) is 0 Å². The maximum absolute atomic E-state index is 13.5. The van der Waals surface area contributed by atoms with Gasteiger partial charge in [0.2, 0.25) is 18.1 Å². The van der Waals surface area contributed by atoms with Crippen LogP contribution < -0.4 is 9.57 Å². The van der Waals surface area contributed by atoms with Crippen molar-refractivity contribution in [3.05, 3.63) is 72.8 Å². The maximum atomic E-state index is 13.5. The largest absolute Gasteiger partial charge is 0.239 e.